The lowest BCUT2D eigenvalue weighted by molar-refractivity contribution is -0.117. The maximum Gasteiger partial charge on any atom is 0.250 e. The second-order valence-corrected chi connectivity index (χ2v) is 8.58. The Bertz CT molecular complexity index is 947. The number of carbonyl (C=O) groups excluding carboxylic acids is 1. The van der Waals surface area contributed by atoms with Crippen molar-refractivity contribution in [2.45, 2.75) is 38.1 Å². The van der Waals surface area contributed by atoms with E-state index in [9.17, 15) is 13.2 Å². The zero-order chi connectivity index (χ0) is 20.9. The summed E-state index contributed by atoms with van der Waals surface area (Å²) in [5, 5.41) is 1.89. The molecule has 2 atom stereocenters. The maximum atomic E-state index is 12.6. The first-order chi connectivity index (χ1) is 13.9. The highest BCUT2D eigenvalue weighted by atomic mass is 32.2. The molecule has 2 aromatic rings. The molecule has 0 spiro atoms. The quantitative estimate of drug-likeness (QED) is 0.524. The number of carbonyl (C=O) groups is 1. The Morgan fingerprint density at radius 3 is 2.55 bits per heavy atom. The number of sulfonamides is 1. The molecule has 0 saturated carbocycles. The molecule has 9 heteroatoms. The van der Waals surface area contributed by atoms with E-state index in [2.05, 4.69) is 20.9 Å². The second-order valence-electron chi connectivity index (χ2n) is 6.71. The van der Waals surface area contributed by atoms with Gasteiger partial charge < -0.3 is 10.1 Å². The van der Waals surface area contributed by atoms with Crippen LogP contribution in [0.4, 0.5) is 11.4 Å². The third-order valence-electron chi connectivity index (χ3n) is 4.59. The van der Waals surface area contributed by atoms with Gasteiger partial charge >= 0.3 is 0 Å². The highest BCUT2D eigenvalue weighted by Crippen LogP contribution is 2.20. The average molecular weight is 419 g/mol. The van der Waals surface area contributed by atoms with E-state index in [1.54, 1.807) is 30.3 Å². The van der Waals surface area contributed by atoms with Crippen molar-refractivity contribution in [2.24, 2.45) is 0 Å². The molecule has 2 unspecified atom stereocenters. The summed E-state index contributed by atoms with van der Waals surface area (Å²) in [6.45, 7) is 4.45. The third-order valence-corrected chi connectivity index (χ3v) is 6.17. The Morgan fingerprint density at radius 1 is 1.10 bits per heavy atom. The van der Waals surface area contributed by atoms with Gasteiger partial charge in [0.25, 0.3) is 0 Å². The van der Waals surface area contributed by atoms with Crippen LogP contribution in [0.3, 0.4) is 0 Å². The SMILES string of the molecule is CCOc1ccc(NS(=O)(=O)C2CC(C(=O)Nc3cccc(CC)c3)NN2)cc1. The van der Waals surface area contributed by atoms with Gasteiger partial charge in [0.15, 0.2) is 0 Å². The minimum atomic E-state index is -3.73. The van der Waals surface area contributed by atoms with Crippen molar-refractivity contribution in [1.82, 2.24) is 10.9 Å². The zero-order valence-electron chi connectivity index (χ0n) is 16.4. The van der Waals surface area contributed by atoms with Crippen LogP contribution in [0.5, 0.6) is 5.75 Å². The summed E-state index contributed by atoms with van der Waals surface area (Å²) >= 11 is 0. The van der Waals surface area contributed by atoms with E-state index in [0.717, 1.165) is 12.0 Å². The monoisotopic (exact) mass is 418 g/mol. The van der Waals surface area contributed by atoms with Crippen molar-refractivity contribution in [2.75, 3.05) is 16.6 Å². The summed E-state index contributed by atoms with van der Waals surface area (Å²) in [5.41, 5.74) is 7.71. The van der Waals surface area contributed by atoms with Crippen molar-refractivity contribution in [3.63, 3.8) is 0 Å². The minimum absolute atomic E-state index is 0.103. The number of ether oxygens (including phenoxy) is 1. The Morgan fingerprint density at radius 2 is 1.86 bits per heavy atom. The van der Waals surface area contributed by atoms with Crippen LogP contribution in [0.2, 0.25) is 0 Å². The molecule has 29 heavy (non-hydrogen) atoms. The van der Waals surface area contributed by atoms with Crippen LogP contribution in [0.25, 0.3) is 0 Å². The molecule has 1 fully saturated rings. The Hall–Kier alpha value is -2.62. The first-order valence-corrected chi connectivity index (χ1v) is 11.1. The minimum Gasteiger partial charge on any atom is -0.494 e. The van der Waals surface area contributed by atoms with Gasteiger partial charge in [-0.1, -0.05) is 19.1 Å². The number of anilines is 2. The van der Waals surface area contributed by atoms with E-state index < -0.39 is 21.4 Å². The number of hydrazine groups is 1. The van der Waals surface area contributed by atoms with Crippen LogP contribution in [-0.2, 0) is 21.2 Å². The number of hydrogen-bond acceptors (Lipinski definition) is 6. The van der Waals surface area contributed by atoms with Crippen LogP contribution >= 0.6 is 0 Å². The molecule has 1 amide bonds. The predicted molar refractivity (Wildman–Crippen MR) is 113 cm³/mol. The summed E-state index contributed by atoms with van der Waals surface area (Å²) in [5.74, 6) is 0.379. The lowest BCUT2D eigenvalue weighted by Gasteiger charge is -2.14. The maximum absolute atomic E-state index is 12.6. The van der Waals surface area contributed by atoms with Gasteiger partial charge in [-0.3, -0.25) is 9.52 Å². The number of aryl methyl sites for hydroxylation is 1. The standard InChI is InChI=1S/C20H26N4O4S/c1-3-14-6-5-7-16(12-14)21-20(25)18-13-19(23-22-18)29(26,27)24-15-8-10-17(11-9-15)28-4-2/h5-12,18-19,22-24H,3-4,13H2,1-2H3,(H,21,25). The number of benzene rings is 2. The summed E-state index contributed by atoms with van der Waals surface area (Å²) in [6, 6.07) is 13.6. The van der Waals surface area contributed by atoms with Crippen molar-refractivity contribution in [3.05, 3.63) is 54.1 Å². The van der Waals surface area contributed by atoms with E-state index in [1.807, 2.05) is 32.0 Å². The molecule has 1 aliphatic rings. The highest BCUT2D eigenvalue weighted by molar-refractivity contribution is 7.93. The van der Waals surface area contributed by atoms with Crippen LogP contribution < -0.4 is 25.6 Å². The first-order valence-electron chi connectivity index (χ1n) is 9.56. The summed E-state index contributed by atoms with van der Waals surface area (Å²) in [7, 11) is -3.73. The van der Waals surface area contributed by atoms with Gasteiger partial charge in [-0.15, -0.1) is 0 Å². The largest absolute Gasteiger partial charge is 0.494 e. The van der Waals surface area contributed by atoms with Crippen LogP contribution in [0, 0.1) is 0 Å². The first kappa shape index (κ1) is 21.1. The van der Waals surface area contributed by atoms with E-state index in [4.69, 9.17) is 4.74 Å². The van der Waals surface area contributed by atoms with Crippen molar-refractivity contribution >= 4 is 27.3 Å². The molecular formula is C20H26N4O4S. The molecule has 0 aromatic heterocycles. The number of hydrogen-bond donors (Lipinski definition) is 4. The van der Waals surface area contributed by atoms with Crippen molar-refractivity contribution in [3.8, 4) is 5.75 Å². The zero-order valence-corrected chi connectivity index (χ0v) is 17.3. The van der Waals surface area contributed by atoms with Gasteiger partial charge in [-0.05, 0) is 55.3 Å². The van der Waals surface area contributed by atoms with E-state index in [1.165, 1.54) is 0 Å². The number of nitrogens with one attached hydrogen (secondary N) is 4. The molecule has 156 valence electrons. The Kier molecular flexibility index (Phi) is 6.73. The van der Waals surface area contributed by atoms with Crippen molar-refractivity contribution in [1.29, 1.82) is 0 Å². The Balaban J connectivity index is 1.59. The van der Waals surface area contributed by atoms with Gasteiger partial charge in [0.1, 0.15) is 17.2 Å². The van der Waals surface area contributed by atoms with E-state index >= 15 is 0 Å². The van der Waals surface area contributed by atoms with Crippen molar-refractivity contribution < 1.29 is 17.9 Å². The smallest absolute Gasteiger partial charge is 0.250 e. The molecular weight excluding hydrogens is 392 g/mol. The highest BCUT2D eigenvalue weighted by Gasteiger charge is 2.37. The van der Waals surface area contributed by atoms with E-state index in [0.29, 0.717) is 23.7 Å². The molecule has 0 aliphatic carbocycles. The molecule has 0 radical (unpaired) electrons. The van der Waals surface area contributed by atoms with Crippen LogP contribution in [-0.4, -0.2) is 32.3 Å². The van der Waals surface area contributed by atoms with Crippen LogP contribution in [0.1, 0.15) is 25.8 Å². The molecule has 2 aromatic carbocycles. The molecule has 3 rings (SSSR count). The number of amides is 1. The average Bonchev–Trinajstić information content (AvgIpc) is 3.21. The molecule has 1 heterocycles. The van der Waals surface area contributed by atoms with Gasteiger partial charge in [-0.2, -0.15) is 0 Å². The van der Waals surface area contributed by atoms with E-state index in [-0.39, 0.29) is 12.3 Å². The lowest BCUT2D eigenvalue weighted by atomic mass is 10.1. The molecule has 4 N–H and O–H groups in total. The Labute approximate surface area is 171 Å². The fraction of sp³-hybridized carbons (Fsp3) is 0.350. The molecule has 1 saturated heterocycles. The predicted octanol–water partition coefficient (Wildman–Crippen LogP) is 2.22. The van der Waals surface area contributed by atoms with Gasteiger partial charge in [-0.25, -0.2) is 19.3 Å². The lowest BCUT2D eigenvalue weighted by Crippen LogP contribution is -2.42. The molecule has 8 nitrogen and oxygen atoms in total. The normalized spacial score (nSPS) is 19.0. The fourth-order valence-corrected chi connectivity index (χ4v) is 4.30. The third kappa shape index (κ3) is 5.47. The number of rotatable bonds is 8. The molecule has 0 bridgehead atoms. The molecule has 1 aliphatic heterocycles. The van der Waals surface area contributed by atoms with Gasteiger partial charge in [0, 0.05) is 17.8 Å². The topological polar surface area (TPSA) is 109 Å². The summed E-state index contributed by atoms with van der Waals surface area (Å²) < 4.78 is 33.2. The second kappa shape index (κ2) is 9.25. The fourth-order valence-electron chi connectivity index (χ4n) is 3.02. The summed E-state index contributed by atoms with van der Waals surface area (Å²) in [4.78, 5) is 12.5. The van der Waals surface area contributed by atoms with Gasteiger partial charge in [0.05, 0.1) is 6.61 Å². The van der Waals surface area contributed by atoms with Gasteiger partial charge in [0.2, 0.25) is 15.9 Å². The summed E-state index contributed by atoms with van der Waals surface area (Å²) in [6.07, 6.45) is 0.968. The van der Waals surface area contributed by atoms with Crippen LogP contribution in [0.15, 0.2) is 48.5 Å².